The molecule has 0 aromatic heterocycles. The van der Waals surface area contributed by atoms with E-state index in [0.29, 0.717) is 0 Å². The maximum absolute atomic E-state index is 11.8. The van der Waals surface area contributed by atoms with Gasteiger partial charge in [0, 0.05) is 6.04 Å². The summed E-state index contributed by atoms with van der Waals surface area (Å²) in [6, 6.07) is 9.59. The minimum Gasteiger partial charge on any atom is -0.445 e. The fourth-order valence-corrected chi connectivity index (χ4v) is 1.36. The van der Waals surface area contributed by atoms with E-state index in [1.54, 1.807) is 0 Å². The summed E-state index contributed by atoms with van der Waals surface area (Å²) in [4.78, 5) is 13.3. The van der Waals surface area contributed by atoms with Crippen LogP contribution in [0.5, 0.6) is 0 Å². The summed E-state index contributed by atoms with van der Waals surface area (Å²) in [7, 11) is 0. The fraction of sp³-hybridized carbons (Fsp3) is 0.357. The van der Waals surface area contributed by atoms with Crippen LogP contribution in [-0.4, -0.2) is 23.6 Å². The summed E-state index contributed by atoms with van der Waals surface area (Å²) in [5.74, 6) is 2.45. The number of ether oxygens (including phenoxy) is 1. The molecular formula is C14H17NO2. The third kappa shape index (κ3) is 4.20. The number of terminal acetylenes is 1. The van der Waals surface area contributed by atoms with Gasteiger partial charge < -0.3 is 4.74 Å². The lowest BCUT2D eigenvalue weighted by atomic mass is 10.2. The Balaban J connectivity index is 2.51. The van der Waals surface area contributed by atoms with Crippen molar-refractivity contribution in [3.05, 3.63) is 35.9 Å². The van der Waals surface area contributed by atoms with Crippen molar-refractivity contribution in [2.24, 2.45) is 0 Å². The molecule has 0 saturated carbocycles. The van der Waals surface area contributed by atoms with Crippen LogP contribution in [0.2, 0.25) is 0 Å². The Hall–Kier alpha value is -1.95. The largest absolute Gasteiger partial charge is 0.445 e. The number of hydrogen-bond donors (Lipinski definition) is 0. The molecule has 1 rings (SSSR count). The van der Waals surface area contributed by atoms with Gasteiger partial charge in [-0.2, -0.15) is 0 Å². The Bertz CT molecular complexity index is 392. The topological polar surface area (TPSA) is 29.5 Å². The second-order valence-corrected chi connectivity index (χ2v) is 3.97. The molecule has 90 valence electrons. The minimum atomic E-state index is -0.373. The molecule has 1 aromatic rings. The zero-order valence-electron chi connectivity index (χ0n) is 10.2. The molecule has 0 aliphatic rings. The van der Waals surface area contributed by atoms with E-state index in [1.807, 2.05) is 44.2 Å². The Labute approximate surface area is 102 Å². The van der Waals surface area contributed by atoms with E-state index >= 15 is 0 Å². The summed E-state index contributed by atoms with van der Waals surface area (Å²) in [5, 5.41) is 0. The predicted octanol–water partition coefficient (Wildman–Crippen LogP) is 2.67. The third-order valence-corrected chi connectivity index (χ3v) is 2.32. The van der Waals surface area contributed by atoms with Crippen LogP contribution in [0.25, 0.3) is 0 Å². The lowest BCUT2D eigenvalue weighted by molar-refractivity contribution is 0.0913. The van der Waals surface area contributed by atoms with E-state index in [-0.39, 0.29) is 25.3 Å². The van der Waals surface area contributed by atoms with Gasteiger partial charge in [-0.15, -0.1) is 6.42 Å². The van der Waals surface area contributed by atoms with Gasteiger partial charge in [0.25, 0.3) is 0 Å². The van der Waals surface area contributed by atoms with Crippen LogP contribution in [0.3, 0.4) is 0 Å². The van der Waals surface area contributed by atoms with E-state index in [1.165, 1.54) is 4.90 Å². The molecule has 0 radical (unpaired) electrons. The first-order chi connectivity index (χ1) is 8.15. The molecule has 0 bridgehead atoms. The second kappa shape index (κ2) is 6.59. The van der Waals surface area contributed by atoms with Gasteiger partial charge in [0.2, 0.25) is 0 Å². The Kier molecular flexibility index (Phi) is 5.09. The highest BCUT2D eigenvalue weighted by molar-refractivity contribution is 5.68. The molecule has 0 heterocycles. The van der Waals surface area contributed by atoms with E-state index in [9.17, 15) is 4.79 Å². The summed E-state index contributed by atoms with van der Waals surface area (Å²) < 4.78 is 5.20. The highest BCUT2D eigenvalue weighted by atomic mass is 16.6. The molecule has 0 aliphatic carbocycles. The average molecular weight is 231 g/mol. The van der Waals surface area contributed by atoms with Crippen molar-refractivity contribution < 1.29 is 9.53 Å². The lowest BCUT2D eigenvalue weighted by Gasteiger charge is -2.23. The van der Waals surface area contributed by atoms with Gasteiger partial charge in [0.15, 0.2) is 0 Å². The van der Waals surface area contributed by atoms with Crippen molar-refractivity contribution in [2.45, 2.75) is 26.5 Å². The molecule has 3 heteroatoms. The summed E-state index contributed by atoms with van der Waals surface area (Å²) in [6.45, 7) is 4.35. The molecule has 0 fully saturated rings. The van der Waals surface area contributed by atoms with Gasteiger partial charge in [-0.3, -0.25) is 4.90 Å². The molecule has 0 aliphatic heterocycles. The van der Waals surface area contributed by atoms with E-state index < -0.39 is 0 Å². The van der Waals surface area contributed by atoms with Gasteiger partial charge in [-0.05, 0) is 19.4 Å². The van der Waals surface area contributed by atoms with Crippen molar-refractivity contribution in [1.29, 1.82) is 0 Å². The molecule has 0 spiro atoms. The molecule has 0 saturated heterocycles. The molecule has 0 unspecified atom stereocenters. The van der Waals surface area contributed by atoms with Gasteiger partial charge in [0.05, 0.1) is 6.54 Å². The third-order valence-electron chi connectivity index (χ3n) is 2.32. The Morgan fingerprint density at radius 1 is 1.41 bits per heavy atom. The maximum Gasteiger partial charge on any atom is 0.411 e. The van der Waals surface area contributed by atoms with Gasteiger partial charge in [0.1, 0.15) is 6.61 Å². The number of hydrogen-bond acceptors (Lipinski definition) is 2. The number of carbonyl (C=O) groups is 1. The lowest BCUT2D eigenvalue weighted by Crippen LogP contribution is -2.37. The zero-order chi connectivity index (χ0) is 12.7. The first-order valence-corrected chi connectivity index (χ1v) is 5.56. The first-order valence-electron chi connectivity index (χ1n) is 5.56. The Morgan fingerprint density at radius 2 is 2.06 bits per heavy atom. The van der Waals surface area contributed by atoms with Crippen LogP contribution in [0.15, 0.2) is 30.3 Å². The fourth-order valence-electron chi connectivity index (χ4n) is 1.36. The maximum atomic E-state index is 11.8. The zero-order valence-corrected chi connectivity index (χ0v) is 10.2. The SMILES string of the molecule is C#CCN(C(=O)OCc1ccccc1)C(C)C. The van der Waals surface area contributed by atoms with Gasteiger partial charge in [-0.25, -0.2) is 4.79 Å². The van der Waals surface area contributed by atoms with E-state index in [2.05, 4.69) is 5.92 Å². The highest BCUT2D eigenvalue weighted by Crippen LogP contribution is 2.05. The quantitative estimate of drug-likeness (QED) is 0.746. The van der Waals surface area contributed by atoms with E-state index in [4.69, 9.17) is 11.2 Å². The normalized spacial score (nSPS) is 9.76. The highest BCUT2D eigenvalue weighted by Gasteiger charge is 2.16. The molecule has 17 heavy (non-hydrogen) atoms. The van der Waals surface area contributed by atoms with Crippen molar-refractivity contribution in [3.63, 3.8) is 0 Å². The van der Waals surface area contributed by atoms with Crippen LogP contribution in [0.1, 0.15) is 19.4 Å². The number of carbonyl (C=O) groups excluding carboxylic acids is 1. The number of rotatable bonds is 4. The van der Waals surface area contributed by atoms with Crippen LogP contribution in [0, 0.1) is 12.3 Å². The standard InChI is InChI=1S/C14H17NO2/c1-4-10-15(12(2)3)14(16)17-11-13-8-6-5-7-9-13/h1,5-9,12H,10-11H2,2-3H3. The van der Waals surface area contributed by atoms with Crippen molar-refractivity contribution in [3.8, 4) is 12.3 Å². The molecule has 0 N–H and O–H groups in total. The molecule has 1 amide bonds. The van der Waals surface area contributed by atoms with Crippen molar-refractivity contribution in [2.75, 3.05) is 6.54 Å². The van der Waals surface area contributed by atoms with Crippen molar-refractivity contribution in [1.82, 2.24) is 4.90 Å². The number of benzene rings is 1. The summed E-state index contributed by atoms with van der Waals surface area (Å²) in [5.41, 5.74) is 0.963. The summed E-state index contributed by atoms with van der Waals surface area (Å²) >= 11 is 0. The number of amides is 1. The van der Waals surface area contributed by atoms with E-state index in [0.717, 1.165) is 5.56 Å². The van der Waals surface area contributed by atoms with Crippen LogP contribution in [0.4, 0.5) is 4.79 Å². The first kappa shape index (κ1) is 13.1. The van der Waals surface area contributed by atoms with Crippen LogP contribution >= 0.6 is 0 Å². The molecule has 0 atom stereocenters. The van der Waals surface area contributed by atoms with Crippen LogP contribution in [-0.2, 0) is 11.3 Å². The smallest absolute Gasteiger partial charge is 0.411 e. The van der Waals surface area contributed by atoms with Gasteiger partial charge in [-0.1, -0.05) is 36.3 Å². The van der Waals surface area contributed by atoms with Gasteiger partial charge >= 0.3 is 6.09 Å². The monoisotopic (exact) mass is 231 g/mol. The van der Waals surface area contributed by atoms with Crippen molar-refractivity contribution >= 4 is 6.09 Å². The summed E-state index contributed by atoms with van der Waals surface area (Å²) in [6.07, 6.45) is 4.84. The molecule has 1 aromatic carbocycles. The molecular weight excluding hydrogens is 214 g/mol. The average Bonchev–Trinajstić information content (AvgIpc) is 2.34. The Morgan fingerprint density at radius 3 is 2.59 bits per heavy atom. The minimum absolute atomic E-state index is 0.0364. The number of nitrogens with zero attached hydrogens (tertiary/aromatic N) is 1. The second-order valence-electron chi connectivity index (χ2n) is 3.97. The van der Waals surface area contributed by atoms with Crippen LogP contribution < -0.4 is 0 Å². The predicted molar refractivity (Wildman–Crippen MR) is 67.3 cm³/mol. The molecule has 3 nitrogen and oxygen atoms in total.